The average Bonchev–Trinajstić information content (AvgIpc) is 2.55. The number of nitrogens with zero attached hydrogens (tertiary/aromatic N) is 1. The van der Waals surface area contributed by atoms with Crippen molar-refractivity contribution in [2.45, 2.75) is 32.9 Å². The molecule has 2 N–H and O–H groups in total. The number of aromatic nitrogens is 1. The molecular weight excluding hydrogens is 184 g/mol. The highest BCUT2D eigenvalue weighted by atomic mass is 15.0. The van der Waals surface area contributed by atoms with Crippen molar-refractivity contribution in [1.82, 2.24) is 4.57 Å². The van der Waals surface area contributed by atoms with Crippen LogP contribution in [-0.2, 0) is 19.5 Å². The summed E-state index contributed by atoms with van der Waals surface area (Å²) in [5.74, 6) is 0. The zero-order valence-electron chi connectivity index (χ0n) is 9.09. The van der Waals surface area contributed by atoms with E-state index in [4.69, 9.17) is 5.73 Å². The van der Waals surface area contributed by atoms with Crippen molar-refractivity contribution in [3.05, 3.63) is 35.0 Å². The number of rotatable bonds is 1. The van der Waals surface area contributed by atoms with Gasteiger partial charge in [0.05, 0.1) is 5.52 Å². The van der Waals surface area contributed by atoms with Gasteiger partial charge in [0, 0.05) is 24.2 Å². The summed E-state index contributed by atoms with van der Waals surface area (Å²) in [6, 6.07) is 6.63. The van der Waals surface area contributed by atoms with Gasteiger partial charge in [-0.25, -0.2) is 0 Å². The zero-order chi connectivity index (χ0) is 10.4. The molecule has 0 radical (unpaired) electrons. The first-order valence-corrected chi connectivity index (χ1v) is 5.62. The van der Waals surface area contributed by atoms with Crippen molar-refractivity contribution in [3.8, 4) is 0 Å². The minimum Gasteiger partial charge on any atom is -0.343 e. The molecular formula is C13H16N2. The molecule has 0 bridgehead atoms. The van der Waals surface area contributed by atoms with E-state index in [9.17, 15) is 0 Å². The molecule has 0 fully saturated rings. The van der Waals surface area contributed by atoms with Crippen molar-refractivity contribution >= 4 is 10.9 Å². The molecule has 0 amide bonds. The Balaban J connectivity index is 2.48. The Morgan fingerprint density at radius 1 is 1.40 bits per heavy atom. The Morgan fingerprint density at radius 3 is 3.07 bits per heavy atom. The molecule has 2 nitrogen and oxygen atoms in total. The molecule has 1 aliphatic heterocycles. The fraction of sp³-hybridized carbons (Fsp3) is 0.385. The SMILES string of the molecule is Cc1c(CN)n2c3c(cccc13)CCC2. The summed E-state index contributed by atoms with van der Waals surface area (Å²) in [4.78, 5) is 0. The summed E-state index contributed by atoms with van der Waals surface area (Å²) in [6.45, 7) is 3.98. The lowest BCUT2D eigenvalue weighted by molar-refractivity contribution is 0.610. The lowest BCUT2D eigenvalue weighted by Gasteiger charge is -2.17. The second-order valence-electron chi connectivity index (χ2n) is 4.34. The highest BCUT2D eigenvalue weighted by Gasteiger charge is 2.18. The number of hydrogen-bond donors (Lipinski definition) is 1. The predicted molar refractivity (Wildman–Crippen MR) is 62.9 cm³/mol. The standard InChI is InChI=1S/C13H16N2/c1-9-11-6-2-4-10-5-3-7-15(13(10)11)12(9)8-14/h2,4,6H,3,5,7-8,14H2,1H3. The fourth-order valence-electron chi connectivity index (χ4n) is 2.84. The van der Waals surface area contributed by atoms with Gasteiger partial charge in [0.1, 0.15) is 0 Å². The van der Waals surface area contributed by atoms with Crippen LogP contribution >= 0.6 is 0 Å². The average molecular weight is 200 g/mol. The largest absolute Gasteiger partial charge is 0.343 e. The van der Waals surface area contributed by atoms with Crippen LogP contribution in [0.1, 0.15) is 23.2 Å². The van der Waals surface area contributed by atoms with E-state index >= 15 is 0 Å². The summed E-state index contributed by atoms with van der Waals surface area (Å²) in [5, 5.41) is 1.40. The maximum atomic E-state index is 5.84. The van der Waals surface area contributed by atoms with E-state index in [2.05, 4.69) is 29.7 Å². The van der Waals surface area contributed by atoms with Crippen molar-refractivity contribution in [3.63, 3.8) is 0 Å². The van der Waals surface area contributed by atoms with Crippen molar-refractivity contribution < 1.29 is 0 Å². The molecule has 0 unspecified atom stereocenters. The van der Waals surface area contributed by atoms with E-state index in [1.165, 1.54) is 40.6 Å². The second-order valence-corrected chi connectivity index (χ2v) is 4.34. The minimum atomic E-state index is 0.653. The normalized spacial score (nSPS) is 14.8. The summed E-state index contributed by atoms with van der Waals surface area (Å²) in [7, 11) is 0. The molecule has 3 rings (SSSR count). The van der Waals surface area contributed by atoms with Gasteiger partial charge in [0.2, 0.25) is 0 Å². The Morgan fingerprint density at radius 2 is 2.27 bits per heavy atom. The van der Waals surface area contributed by atoms with E-state index in [1.54, 1.807) is 0 Å². The number of nitrogens with two attached hydrogens (primary N) is 1. The lowest BCUT2D eigenvalue weighted by Crippen LogP contribution is -2.12. The molecule has 2 heterocycles. The highest BCUT2D eigenvalue weighted by Crippen LogP contribution is 2.31. The number of aryl methyl sites for hydroxylation is 3. The summed E-state index contributed by atoms with van der Waals surface area (Å²) >= 11 is 0. The first-order chi connectivity index (χ1) is 7.33. The van der Waals surface area contributed by atoms with Gasteiger partial charge >= 0.3 is 0 Å². The summed E-state index contributed by atoms with van der Waals surface area (Å²) in [6.07, 6.45) is 2.46. The molecule has 0 spiro atoms. The van der Waals surface area contributed by atoms with Crippen molar-refractivity contribution in [2.75, 3.05) is 0 Å². The minimum absolute atomic E-state index is 0.653. The topological polar surface area (TPSA) is 30.9 Å². The van der Waals surface area contributed by atoms with Gasteiger partial charge in [-0.05, 0) is 30.9 Å². The zero-order valence-corrected chi connectivity index (χ0v) is 9.09. The number of para-hydroxylation sites is 1. The summed E-state index contributed by atoms with van der Waals surface area (Å²) in [5.41, 5.74) is 11.5. The molecule has 1 aromatic heterocycles. The van der Waals surface area contributed by atoms with Gasteiger partial charge in [-0.2, -0.15) is 0 Å². The van der Waals surface area contributed by atoms with Gasteiger partial charge in [0.25, 0.3) is 0 Å². The molecule has 0 atom stereocenters. The summed E-state index contributed by atoms with van der Waals surface area (Å²) < 4.78 is 2.42. The third-order valence-electron chi connectivity index (χ3n) is 3.57. The van der Waals surface area contributed by atoms with Crippen molar-refractivity contribution in [2.24, 2.45) is 5.73 Å². The maximum Gasteiger partial charge on any atom is 0.0518 e. The van der Waals surface area contributed by atoms with Gasteiger partial charge in [-0.3, -0.25) is 0 Å². The maximum absolute atomic E-state index is 5.84. The van der Waals surface area contributed by atoms with Crippen LogP contribution in [0.3, 0.4) is 0 Å². The van der Waals surface area contributed by atoms with Crippen LogP contribution in [0.4, 0.5) is 0 Å². The molecule has 2 aromatic rings. The Kier molecular flexibility index (Phi) is 1.86. The van der Waals surface area contributed by atoms with Crippen LogP contribution in [0.2, 0.25) is 0 Å². The molecule has 2 heteroatoms. The number of benzene rings is 1. The van der Waals surface area contributed by atoms with Crippen LogP contribution in [0.25, 0.3) is 10.9 Å². The smallest absolute Gasteiger partial charge is 0.0518 e. The van der Waals surface area contributed by atoms with Gasteiger partial charge in [0.15, 0.2) is 0 Å². The van der Waals surface area contributed by atoms with Crippen LogP contribution in [-0.4, -0.2) is 4.57 Å². The Bertz CT molecular complexity index is 523. The van der Waals surface area contributed by atoms with Crippen LogP contribution < -0.4 is 5.73 Å². The Labute approximate surface area is 89.7 Å². The molecule has 78 valence electrons. The van der Waals surface area contributed by atoms with E-state index < -0.39 is 0 Å². The van der Waals surface area contributed by atoms with Gasteiger partial charge in [-0.1, -0.05) is 18.2 Å². The quantitative estimate of drug-likeness (QED) is 0.752. The lowest BCUT2D eigenvalue weighted by atomic mass is 10.0. The fourth-order valence-corrected chi connectivity index (χ4v) is 2.84. The van der Waals surface area contributed by atoms with Gasteiger partial charge < -0.3 is 10.3 Å². The first-order valence-electron chi connectivity index (χ1n) is 5.62. The van der Waals surface area contributed by atoms with E-state index in [-0.39, 0.29) is 0 Å². The number of hydrogen-bond acceptors (Lipinski definition) is 1. The highest BCUT2D eigenvalue weighted by molar-refractivity contribution is 5.88. The van der Waals surface area contributed by atoms with Crippen LogP contribution in [0, 0.1) is 6.92 Å². The van der Waals surface area contributed by atoms with Crippen LogP contribution in [0.15, 0.2) is 18.2 Å². The molecule has 0 saturated heterocycles. The second kappa shape index (κ2) is 3.11. The van der Waals surface area contributed by atoms with Crippen molar-refractivity contribution in [1.29, 1.82) is 0 Å². The third kappa shape index (κ3) is 1.08. The Hall–Kier alpha value is -1.28. The van der Waals surface area contributed by atoms with Gasteiger partial charge in [-0.15, -0.1) is 0 Å². The molecule has 0 aliphatic carbocycles. The third-order valence-corrected chi connectivity index (χ3v) is 3.57. The van der Waals surface area contributed by atoms with E-state index in [0.29, 0.717) is 6.54 Å². The first kappa shape index (κ1) is 8.98. The molecule has 0 saturated carbocycles. The molecule has 1 aromatic carbocycles. The van der Waals surface area contributed by atoms with Crippen LogP contribution in [0.5, 0.6) is 0 Å². The molecule has 15 heavy (non-hydrogen) atoms. The molecule has 1 aliphatic rings. The predicted octanol–water partition coefficient (Wildman–Crippen LogP) is 2.35. The van der Waals surface area contributed by atoms with E-state index in [0.717, 1.165) is 6.54 Å². The van der Waals surface area contributed by atoms with E-state index in [1.807, 2.05) is 0 Å². The monoisotopic (exact) mass is 200 g/mol.